The van der Waals surface area contributed by atoms with E-state index in [1.807, 2.05) is 6.92 Å². The van der Waals surface area contributed by atoms with Crippen LogP contribution in [0.25, 0.3) is 0 Å². The lowest BCUT2D eigenvalue weighted by Crippen LogP contribution is -2.11. The van der Waals surface area contributed by atoms with Crippen molar-refractivity contribution in [1.82, 2.24) is 0 Å². The minimum absolute atomic E-state index is 0.0901. The summed E-state index contributed by atoms with van der Waals surface area (Å²) in [6, 6.07) is 0. The Morgan fingerprint density at radius 2 is 2.13 bits per heavy atom. The number of carbonyl (C=O) groups excluding carboxylic acids is 1. The molecule has 0 N–H and O–H groups in total. The molecule has 3 nitrogen and oxygen atoms in total. The number of hydrogen-bond acceptors (Lipinski definition) is 3. The third kappa shape index (κ3) is 5.78. The Kier molecular flexibility index (Phi) is 5.69. The lowest BCUT2D eigenvalue weighted by molar-refractivity contribution is -0.143. The molecule has 1 aliphatic carbocycles. The van der Waals surface area contributed by atoms with Crippen LogP contribution >= 0.6 is 0 Å². The second-order valence-electron chi connectivity index (χ2n) is 4.18. The third-order valence-corrected chi connectivity index (χ3v) is 2.75. The van der Waals surface area contributed by atoms with Gasteiger partial charge >= 0.3 is 5.97 Å². The molecule has 1 fully saturated rings. The van der Waals surface area contributed by atoms with E-state index in [1.54, 1.807) is 0 Å². The van der Waals surface area contributed by atoms with Crippen molar-refractivity contribution in [3.63, 3.8) is 0 Å². The number of ether oxygens (including phenoxy) is 2. The van der Waals surface area contributed by atoms with E-state index < -0.39 is 0 Å². The summed E-state index contributed by atoms with van der Waals surface area (Å²) < 4.78 is 10.5. The molecular weight excluding hydrogens is 192 g/mol. The van der Waals surface area contributed by atoms with Gasteiger partial charge in [0.15, 0.2) is 0 Å². The van der Waals surface area contributed by atoms with Gasteiger partial charge in [-0.2, -0.15) is 0 Å². The molecule has 0 saturated heterocycles. The van der Waals surface area contributed by atoms with Gasteiger partial charge in [0.25, 0.3) is 0 Å². The van der Waals surface area contributed by atoms with Crippen LogP contribution in [-0.4, -0.2) is 25.3 Å². The average Bonchev–Trinajstić information content (AvgIpc) is 3.00. The normalized spacial score (nSPS) is 17.5. The second-order valence-corrected chi connectivity index (χ2v) is 4.18. The molecule has 0 radical (unpaired) electrons. The highest BCUT2D eigenvalue weighted by Gasteiger charge is 2.28. The largest absolute Gasteiger partial charge is 0.466 e. The molecule has 0 aromatic heterocycles. The van der Waals surface area contributed by atoms with E-state index in [1.165, 1.54) is 12.8 Å². The molecule has 1 atom stereocenters. The lowest BCUT2D eigenvalue weighted by Gasteiger charge is -2.11. The Bertz CT molecular complexity index is 187. The second kappa shape index (κ2) is 6.83. The van der Waals surface area contributed by atoms with Gasteiger partial charge in [-0.1, -0.05) is 0 Å². The Hall–Kier alpha value is -0.570. The predicted molar refractivity (Wildman–Crippen MR) is 58.6 cm³/mol. The molecule has 0 spiro atoms. The maximum Gasteiger partial charge on any atom is 0.305 e. The van der Waals surface area contributed by atoms with E-state index in [2.05, 4.69) is 6.92 Å². The van der Waals surface area contributed by atoms with Crippen molar-refractivity contribution < 1.29 is 14.3 Å². The Labute approximate surface area is 92.1 Å². The fourth-order valence-corrected chi connectivity index (χ4v) is 1.58. The summed E-state index contributed by atoms with van der Waals surface area (Å²) in [5, 5.41) is 0. The van der Waals surface area contributed by atoms with Gasteiger partial charge in [0.2, 0.25) is 0 Å². The molecule has 0 bridgehead atoms. The first kappa shape index (κ1) is 12.5. The molecule has 88 valence electrons. The molecule has 0 heterocycles. The standard InChI is InChI=1S/C12H22O3/c1-3-14-12(13)6-4-5-9-15-10(2)11-7-8-11/h10-11H,3-9H2,1-2H3. The monoisotopic (exact) mass is 214 g/mol. The van der Waals surface area contributed by atoms with Gasteiger partial charge in [-0.15, -0.1) is 0 Å². The molecule has 3 heteroatoms. The van der Waals surface area contributed by atoms with Crippen LogP contribution in [0.2, 0.25) is 0 Å². The molecule has 15 heavy (non-hydrogen) atoms. The summed E-state index contributed by atoms with van der Waals surface area (Å²) in [4.78, 5) is 11.0. The predicted octanol–water partition coefficient (Wildman–Crippen LogP) is 2.53. The van der Waals surface area contributed by atoms with Crippen molar-refractivity contribution in [2.75, 3.05) is 13.2 Å². The lowest BCUT2D eigenvalue weighted by atomic mass is 10.2. The minimum Gasteiger partial charge on any atom is -0.466 e. The van der Waals surface area contributed by atoms with Crippen LogP contribution in [0.15, 0.2) is 0 Å². The Morgan fingerprint density at radius 3 is 2.73 bits per heavy atom. The zero-order valence-electron chi connectivity index (χ0n) is 9.83. The number of rotatable bonds is 8. The summed E-state index contributed by atoms with van der Waals surface area (Å²) in [5.74, 6) is 0.711. The van der Waals surface area contributed by atoms with Gasteiger partial charge < -0.3 is 9.47 Å². The fraction of sp³-hybridized carbons (Fsp3) is 0.917. The van der Waals surface area contributed by atoms with Crippen molar-refractivity contribution in [2.45, 2.75) is 52.1 Å². The fourth-order valence-electron chi connectivity index (χ4n) is 1.58. The Balaban J connectivity index is 1.85. The van der Waals surface area contributed by atoms with Crippen molar-refractivity contribution in [2.24, 2.45) is 5.92 Å². The van der Waals surface area contributed by atoms with E-state index in [0.717, 1.165) is 25.4 Å². The smallest absolute Gasteiger partial charge is 0.305 e. The number of hydrogen-bond donors (Lipinski definition) is 0. The quantitative estimate of drug-likeness (QED) is 0.460. The van der Waals surface area contributed by atoms with E-state index in [4.69, 9.17) is 9.47 Å². The summed E-state index contributed by atoms with van der Waals surface area (Å²) in [7, 11) is 0. The molecular formula is C12H22O3. The minimum atomic E-state index is -0.0901. The van der Waals surface area contributed by atoms with E-state index >= 15 is 0 Å². The summed E-state index contributed by atoms with van der Waals surface area (Å²) in [6.07, 6.45) is 5.40. The number of carbonyl (C=O) groups is 1. The van der Waals surface area contributed by atoms with Gasteiger partial charge in [-0.25, -0.2) is 0 Å². The van der Waals surface area contributed by atoms with Crippen LogP contribution < -0.4 is 0 Å². The molecule has 1 unspecified atom stereocenters. The number of unbranched alkanes of at least 4 members (excludes halogenated alkanes) is 1. The van der Waals surface area contributed by atoms with Gasteiger partial charge in [-0.3, -0.25) is 4.79 Å². The highest BCUT2D eigenvalue weighted by molar-refractivity contribution is 5.69. The maximum atomic E-state index is 11.0. The first-order valence-corrected chi connectivity index (χ1v) is 6.01. The van der Waals surface area contributed by atoms with Crippen molar-refractivity contribution in [3.8, 4) is 0 Å². The molecule has 0 amide bonds. The van der Waals surface area contributed by atoms with Gasteiger partial charge in [-0.05, 0) is 45.4 Å². The topological polar surface area (TPSA) is 35.5 Å². The summed E-state index contributed by atoms with van der Waals surface area (Å²) in [5.41, 5.74) is 0. The molecule has 0 aromatic carbocycles. The van der Waals surface area contributed by atoms with Crippen LogP contribution in [0.5, 0.6) is 0 Å². The van der Waals surface area contributed by atoms with E-state index in [0.29, 0.717) is 19.1 Å². The molecule has 1 aliphatic rings. The van der Waals surface area contributed by atoms with E-state index in [9.17, 15) is 4.79 Å². The van der Waals surface area contributed by atoms with Crippen LogP contribution in [-0.2, 0) is 14.3 Å². The highest BCUT2D eigenvalue weighted by Crippen LogP contribution is 2.33. The van der Waals surface area contributed by atoms with Crippen LogP contribution in [0.1, 0.15) is 46.0 Å². The zero-order valence-corrected chi connectivity index (χ0v) is 9.83. The molecule has 1 rings (SSSR count). The Morgan fingerprint density at radius 1 is 1.40 bits per heavy atom. The maximum absolute atomic E-state index is 11.0. The van der Waals surface area contributed by atoms with Crippen molar-refractivity contribution in [1.29, 1.82) is 0 Å². The van der Waals surface area contributed by atoms with Gasteiger partial charge in [0.05, 0.1) is 12.7 Å². The zero-order chi connectivity index (χ0) is 11.1. The highest BCUT2D eigenvalue weighted by atomic mass is 16.5. The first-order chi connectivity index (χ1) is 7.24. The van der Waals surface area contributed by atoms with Crippen LogP contribution in [0.4, 0.5) is 0 Å². The first-order valence-electron chi connectivity index (χ1n) is 6.01. The van der Waals surface area contributed by atoms with Gasteiger partial charge in [0, 0.05) is 13.0 Å². The average molecular weight is 214 g/mol. The SMILES string of the molecule is CCOC(=O)CCCCOC(C)C1CC1. The molecule has 0 aromatic rings. The van der Waals surface area contributed by atoms with E-state index in [-0.39, 0.29) is 5.97 Å². The molecule has 1 saturated carbocycles. The van der Waals surface area contributed by atoms with Crippen LogP contribution in [0.3, 0.4) is 0 Å². The van der Waals surface area contributed by atoms with Crippen molar-refractivity contribution >= 4 is 5.97 Å². The third-order valence-electron chi connectivity index (χ3n) is 2.75. The number of esters is 1. The summed E-state index contributed by atoms with van der Waals surface area (Å²) >= 11 is 0. The van der Waals surface area contributed by atoms with Gasteiger partial charge in [0.1, 0.15) is 0 Å². The molecule has 0 aliphatic heterocycles. The summed E-state index contributed by atoms with van der Waals surface area (Å²) in [6.45, 7) is 5.23. The van der Waals surface area contributed by atoms with Crippen LogP contribution in [0, 0.1) is 5.92 Å². The van der Waals surface area contributed by atoms with Crippen molar-refractivity contribution in [3.05, 3.63) is 0 Å².